The molecule has 2 aromatic rings. The molecule has 1 aliphatic rings. The third-order valence-electron chi connectivity index (χ3n) is 3.74. The number of likely N-dealkylation sites (N-methyl/N-ethyl adjacent to an activating group) is 1. The zero-order chi connectivity index (χ0) is 13.2. The van der Waals surface area contributed by atoms with Gasteiger partial charge in [-0.1, -0.05) is 24.3 Å². The van der Waals surface area contributed by atoms with Crippen LogP contribution in [0.2, 0.25) is 0 Å². The van der Waals surface area contributed by atoms with Crippen LogP contribution in [0.3, 0.4) is 0 Å². The highest BCUT2D eigenvalue weighted by Crippen LogP contribution is 2.26. The normalized spacial score (nSPS) is 17.1. The maximum atomic E-state index is 9.37. The molecule has 1 aliphatic heterocycles. The van der Waals surface area contributed by atoms with E-state index in [9.17, 15) is 5.11 Å². The lowest BCUT2D eigenvalue weighted by atomic mass is 10.1. The molecular formula is C15H19N3O. The van der Waals surface area contributed by atoms with E-state index in [2.05, 4.69) is 34.0 Å². The predicted octanol–water partition coefficient (Wildman–Crippen LogP) is 1.48. The van der Waals surface area contributed by atoms with E-state index in [0.29, 0.717) is 0 Å². The maximum Gasteiger partial charge on any atom is 0.136 e. The molecule has 0 amide bonds. The molecule has 4 heteroatoms. The molecule has 1 fully saturated rings. The summed E-state index contributed by atoms with van der Waals surface area (Å²) in [6.07, 6.45) is 0. The van der Waals surface area contributed by atoms with Gasteiger partial charge >= 0.3 is 0 Å². The second-order valence-electron chi connectivity index (χ2n) is 5.11. The average molecular weight is 257 g/mol. The monoisotopic (exact) mass is 257 g/mol. The van der Waals surface area contributed by atoms with Gasteiger partial charge in [0.25, 0.3) is 0 Å². The summed E-state index contributed by atoms with van der Waals surface area (Å²) in [7, 11) is 2.15. The molecule has 0 aliphatic carbocycles. The molecule has 100 valence electrons. The van der Waals surface area contributed by atoms with Crippen molar-refractivity contribution in [3.63, 3.8) is 0 Å². The van der Waals surface area contributed by atoms with Crippen LogP contribution in [0.15, 0.2) is 30.3 Å². The highest BCUT2D eigenvalue weighted by Gasteiger charge is 2.18. The number of rotatable bonds is 2. The number of aliphatic hydroxyl groups is 1. The Morgan fingerprint density at radius 3 is 2.63 bits per heavy atom. The van der Waals surface area contributed by atoms with Gasteiger partial charge in [0.05, 0.1) is 12.3 Å². The highest BCUT2D eigenvalue weighted by atomic mass is 16.3. The van der Waals surface area contributed by atoms with E-state index in [1.54, 1.807) is 0 Å². The molecule has 2 heterocycles. The van der Waals surface area contributed by atoms with E-state index in [-0.39, 0.29) is 6.61 Å². The molecule has 0 spiro atoms. The van der Waals surface area contributed by atoms with Gasteiger partial charge in [-0.05, 0) is 18.5 Å². The fraction of sp³-hybridized carbons (Fsp3) is 0.400. The molecule has 0 bridgehead atoms. The van der Waals surface area contributed by atoms with E-state index in [1.807, 2.05) is 18.2 Å². The van der Waals surface area contributed by atoms with E-state index < -0.39 is 0 Å². The molecular weight excluding hydrogens is 238 g/mol. The molecule has 0 unspecified atom stereocenters. The first-order chi connectivity index (χ1) is 9.28. The third kappa shape index (κ3) is 2.41. The minimum atomic E-state index is -0.00836. The number of aliphatic hydroxyl groups excluding tert-OH is 1. The molecule has 4 nitrogen and oxygen atoms in total. The zero-order valence-electron chi connectivity index (χ0n) is 11.2. The van der Waals surface area contributed by atoms with Crippen LogP contribution in [-0.4, -0.2) is 48.2 Å². The first kappa shape index (κ1) is 12.4. The Morgan fingerprint density at radius 2 is 1.89 bits per heavy atom. The van der Waals surface area contributed by atoms with Gasteiger partial charge in [-0.25, -0.2) is 4.98 Å². The van der Waals surface area contributed by atoms with Gasteiger partial charge in [0.2, 0.25) is 0 Å². The molecule has 0 radical (unpaired) electrons. The molecule has 1 aromatic carbocycles. The quantitative estimate of drug-likeness (QED) is 0.884. The Bertz CT molecular complexity index is 577. The summed E-state index contributed by atoms with van der Waals surface area (Å²) >= 11 is 0. The van der Waals surface area contributed by atoms with Gasteiger partial charge in [0.1, 0.15) is 5.82 Å². The summed E-state index contributed by atoms with van der Waals surface area (Å²) in [5.74, 6) is 1.01. The van der Waals surface area contributed by atoms with Crippen LogP contribution < -0.4 is 4.90 Å². The highest BCUT2D eigenvalue weighted by molar-refractivity contribution is 5.92. The molecule has 1 N–H and O–H groups in total. The summed E-state index contributed by atoms with van der Waals surface area (Å²) in [6.45, 7) is 4.08. The fourth-order valence-electron chi connectivity index (χ4n) is 2.57. The van der Waals surface area contributed by atoms with Gasteiger partial charge < -0.3 is 14.9 Å². The lowest BCUT2D eigenvalue weighted by molar-refractivity contribution is 0.276. The summed E-state index contributed by atoms with van der Waals surface area (Å²) in [6, 6.07) is 10.2. The summed E-state index contributed by atoms with van der Waals surface area (Å²) in [5, 5.41) is 11.7. The number of hydrogen-bond acceptors (Lipinski definition) is 4. The molecule has 19 heavy (non-hydrogen) atoms. The van der Waals surface area contributed by atoms with Gasteiger partial charge in [0.15, 0.2) is 0 Å². The summed E-state index contributed by atoms with van der Waals surface area (Å²) < 4.78 is 0. The van der Waals surface area contributed by atoms with Crippen LogP contribution in [0.25, 0.3) is 10.8 Å². The van der Waals surface area contributed by atoms with Crippen LogP contribution in [-0.2, 0) is 6.61 Å². The average Bonchev–Trinajstić information content (AvgIpc) is 2.47. The minimum absolute atomic E-state index is 0.00836. The Kier molecular flexibility index (Phi) is 3.36. The first-order valence-electron chi connectivity index (χ1n) is 6.71. The van der Waals surface area contributed by atoms with Crippen LogP contribution in [0, 0.1) is 0 Å². The van der Waals surface area contributed by atoms with Crippen molar-refractivity contribution in [2.45, 2.75) is 6.61 Å². The van der Waals surface area contributed by atoms with Crippen LogP contribution in [0.4, 0.5) is 5.82 Å². The zero-order valence-corrected chi connectivity index (χ0v) is 11.2. The number of hydrogen-bond donors (Lipinski definition) is 1. The number of nitrogens with zero attached hydrogens (tertiary/aromatic N) is 3. The Labute approximate surface area is 113 Å². The smallest absolute Gasteiger partial charge is 0.136 e. The van der Waals surface area contributed by atoms with Crippen LogP contribution in [0.1, 0.15) is 5.69 Å². The van der Waals surface area contributed by atoms with Crippen molar-refractivity contribution in [2.24, 2.45) is 0 Å². The number of piperazine rings is 1. The SMILES string of the molecule is CN1CCN(c2nc(CO)cc3ccccc23)CC1. The summed E-state index contributed by atoms with van der Waals surface area (Å²) in [4.78, 5) is 9.27. The standard InChI is InChI=1S/C15H19N3O/c1-17-6-8-18(9-7-17)15-14-5-3-2-4-12(14)10-13(11-19)16-15/h2-5,10,19H,6-9,11H2,1H3. The molecule has 0 atom stereocenters. The van der Waals surface area contributed by atoms with Crippen LogP contribution >= 0.6 is 0 Å². The fourth-order valence-corrected chi connectivity index (χ4v) is 2.57. The second kappa shape index (κ2) is 5.15. The second-order valence-corrected chi connectivity index (χ2v) is 5.11. The number of fused-ring (bicyclic) bond motifs is 1. The predicted molar refractivity (Wildman–Crippen MR) is 77.4 cm³/mol. The van der Waals surface area contributed by atoms with Crippen molar-refractivity contribution in [2.75, 3.05) is 38.1 Å². The number of anilines is 1. The number of pyridine rings is 1. The van der Waals surface area contributed by atoms with Crippen molar-refractivity contribution >= 4 is 16.6 Å². The molecule has 0 saturated carbocycles. The van der Waals surface area contributed by atoms with Crippen molar-refractivity contribution in [3.05, 3.63) is 36.0 Å². The minimum Gasteiger partial charge on any atom is -0.390 e. The largest absolute Gasteiger partial charge is 0.390 e. The maximum absolute atomic E-state index is 9.37. The molecule has 3 rings (SSSR count). The topological polar surface area (TPSA) is 39.6 Å². The lowest BCUT2D eigenvalue weighted by Gasteiger charge is -2.34. The van der Waals surface area contributed by atoms with E-state index in [1.165, 1.54) is 5.39 Å². The van der Waals surface area contributed by atoms with Crippen molar-refractivity contribution in [1.29, 1.82) is 0 Å². The number of benzene rings is 1. The van der Waals surface area contributed by atoms with Gasteiger partial charge in [-0.2, -0.15) is 0 Å². The van der Waals surface area contributed by atoms with Crippen molar-refractivity contribution < 1.29 is 5.11 Å². The van der Waals surface area contributed by atoms with Gasteiger partial charge in [-0.3, -0.25) is 0 Å². The Hall–Kier alpha value is -1.65. The molecule has 1 saturated heterocycles. The lowest BCUT2D eigenvalue weighted by Crippen LogP contribution is -2.45. The number of aromatic nitrogens is 1. The van der Waals surface area contributed by atoms with E-state index >= 15 is 0 Å². The van der Waals surface area contributed by atoms with E-state index in [0.717, 1.165) is 43.1 Å². The molecule has 1 aromatic heterocycles. The van der Waals surface area contributed by atoms with Gasteiger partial charge in [0, 0.05) is 31.6 Å². The van der Waals surface area contributed by atoms with Gasteiger partial charge in [-0.15, -0.1) is 0 Å². The van der Waals surface area contributed by atoms with Crippen molar-refractivity contribution in [1.82, 2.24) is 9.88 Å². The van der Waals surface area contributed by atoms with Crippen molar-refractivity contribution in [3.8, 4) is 0 Å². The first-order valence-corrected chi connectivity index (χ1v) is 6.71. The Balaban J connectivity index is 2.05. The van der Waals surface area contributed by atoms with Crippen LogP contribution in [0.5, 0.6) is 0 Å². The Morgan fingerprint density at radius 1 is 1.16 bits per heavy atom. The third-order valence-corrected chi connectivity index (χ3v) is 3.74. The summed E-state index contributed by atoms with van der Waals surface area (Å²) in [5.41, 5.74) is 0.743. The van der Waals surface area contributed by atoms with E-state index in [4.69, 9.17) is 0 Å².